The van der Waals surface area contributed by atoms with Crippen LogP contribution in [0, 0.1) is 11.8 Å². The molecule has 0 aromatic rings. The van der Waals surface area contributed by atoms with Crippen molar-refractivity contribution in [2.45, 2.75) is 70.4 Å². The lowest BCUT2D eigenvalue weighted by Crippen LogP contribution is -2.44. The van der Waals surface area contributed by atoms with E-state index in [1.807, 2.05) is 6.92 Å². The van der Waals surface area contributed by atoms with Crippen LogP contribution in [0.3, 0.4) is 0 Å². The van der Waals surface area contributed by atoms with Crippen molar-refractivity contribution in [1.82, 2.24) is 4.90 Å². The molecule has 0 aromatic heterocycles. The van der Waals surface area contributed by atoms with Crippen LogP contribution in [0.15, 0.2) is 0 Å². The first-order valence-corrected chi connectivity index (χ1v) is 8.62. The van der Waals surface area contributed by atoms with Crippen molar-refractivity contribution in [3.05, 3.63) is 0 Å². The molecule has 5 heteroatoms. The van der Waals surface area contributed by atoms with Crippen LogP contribution in [-0.2, 0) is 14.3 Å². The molecule has 1 aliphatic heterocycles. The zero-order chi connectivity index (χ0) is 16.1. The molecule has 3 atom stereocenters. The predicted octanol–water partition coefficient (Wildman–Crippen LogP) is 2.68. The predicted molar refractivity (Wildman–Crippen MR) is 83.5 cm³/mol. The molecular formula is C17H29NO4. The number of hydrogen-bond donors (Lipinski definition) is 1. The van der Waals surface area contributed by atoms with E-state index in [1.165, 1.54) is 32.1 Å². The highest BCUT2D eigenvalue weighted by molar-refractivity contribution is 5.85. The second-order valence-electron chi connectivity index (χ2n) is 6.78. The summed E-state index contributed by atoms with van der Waals surface area (Å²) in [5, 5.41) is 9.37. The van der Waals surface area contributed by atoms with E-state index in [-0.39, 0.29) is 17.9 Å². The van der Waals surface area contributed by atoms with Gasteiger partial charge in [0.15, 0.2) is 0 Å². The molecule has 2 aliphatic rings. The number of carbonyl (C=O) groups excluding carboxylic acids is 1. The molecule has 0 bridgehead atoms. The van der Waals surface area contributed by atoms with Crippen LogP contribution < -0.4 is 0 Å². The molecule has 1 amide bonds. The fourth-order valence-electron chi connectivity index (χ4n) is 3.95. The molecule has 22 heavy (non-hydrogen) atoms. The molecule has 2 fully saturated rings. The highest BCUT2D eigenvalue weighted by Crippen LogP contribution is 2.32. The van der Waals surface area contributed by atoms with Crippen LogP contribution in [0.5, 0.6) is 0 Å². The summed E-state index contributed by atoms with van der Waals surface area (Å²) in [6, 6.07) is -0.724. The number of carboxylic acids is 1. The van der Waals surface area contributed by atoms with E-state index in [1.54, 1.807) is 12.0 Å². The molecule has 5 nitrogen and oxygen atoms in total. The maximum Gasteiger partial charge on any atom is 0.326 e. The number of carboxylic acid groups (broad SMARTS) is 1. The zero-order valence-electron chi connectivity index (χ0n) is 13.8. The molecule has 1 heterocycles. The van der Waals surface area contributed by atoms with E-state index in [9.17, 15) is 14.7 Å². The molecule has 1 saturated heterocycles. The van der Waals surface area contributed by atoms with Crippen LogP contribution in [0.25, 0.3) is 0 Å². The van der Waals surface area contributed by atoms with Crippen LogP contribution >= 0.6 is 0 Å². The molecule has 1 N–H and O–H groups in total. The van der Waals surface area contributed by atoms with Gasteiger partial charge in [-0.2, -0.15) is 0 Å². The summed E-state index contributed by atoms with van der Waals surface area (Å²) in [5.74, 6) is -0.312. The minimum absolute atomic E-state index is 0.0139. The third-order valence-corrected chi connectivity index (χ3v) is 5.35. The average molecular weight is 311 g/mol. The summed E-state index contributed by atoms with van der Waals surface area (Å²) < 4.78 is 5.28. The van der Waals surface area contributed by atoms with Crippen molar-refractivity contribution < 1.29 is 19.4 Å². The number of aliphatic carboxylic acids is 1. The van der Waals surface area contributed by atoms with Gasteiger partial charge in [0, 0.05) is 26.0 Å². The van der Waals surface area contributed by atoms with Gasteiger partial charge in [0.05, 0.1) is 6.10 Å². The fourth-order valence-corrected chi connectivity index (χ4v) is 3.95. The van der Waals surface area contributed by atoms with Gasteiger partial charge in [-0.3, -0.25) is 4.79 Å². The van der Waals surface area contributed by atoms with Gasteiger partial charge in [0.2, 0.25) is 5.91 Å². The Morgan fingerprint density at radius 3 is 2.50 bits per heavy atom. The highest BCUT2D eigenvalue weighted by atomic mass is 16.5. The summed E-state index contributed by atoms with van der Waals surface area (Å²) >= 11 is 0. The van der Waals surface area contributed by atoms with Gasteiger partial charge in [-0.25, -0.2) is 4.79 Å². The number of carbonyl (C=O) groups is 2. The average Bonchev–Trinajstić information content (AvgIpc) is 2.97. The molecule has 1 saturated carbocycles. The minimum Gasteiger partial charge on any atom is -0.480 e. The van der Waals surface area contributed by atoms with Crippen molar-refractivity contribution in [2.75, 3.05) is 13.7 Å². The largest absolute Gasteiger partial charge is 0.480 e. The second kappa shape index (κ2) is 7.95. The van der Waals surface area contributed by atoms with Gasteiger partial charge in [-0.1, -0.05) is 39.0 Å². The number of methoxy groups -OCH3 is 1. The van der Waals surface area contributed by atoms with E-state index in [4.69, 9.17) is 4.74 Å². The van der Waals surface area contributed by atoms with Gasteiger partial charge in [0.25, 0.3) is 0 Å². The standard InChI is InChI=1S/C17H29NO4/c1-3-13(9-12-7-5-4-6-8-12)16(19)18-11-14(22-2)10-15(18)17(20)21/h12-15H,3-11H2,1-2H3,(H,20,21). The van der Waals surface area contributed by atoms with E-state index >= 15 is 0 Å². The minimum atomic E-state index is -0.916. The van der Waals surface area contributed by atoms with E-state index < -0.39 is 12.0 Å². The molecule has 1 aliphatic carbocycles. The van der Waals surface area contributed by atoms with Crippen LogP contribution in [0.1, 0.15) is 58.3 Å². The summed E-state index contributed by atoms with van der Waals surface area (Å²) in [5.41, 5.74) is 0. The van der Waals surface area contributed by atoms with Gasteiger partial charge < -0.3 is 14.7 Å². The smallest absolute Gasteiger partial charge is 0.326 e. The molecule has 0 spiro atoms. The number of rotatable bonds is 6. The van der Waals surface area contributed by atoms with E-state index in [0.717, 1.165) is 12.8 Å². The van der Waals surface area contributed by atoms with Gasteiger partial charge in [-0.05, 0) is 18.8 Å². The lowest BCUT2D eigenvalue weighted by molar-refractivity contribution is -0.150. The Hall–Kier alpha value is -1.10. The fraction of sp³-hybridized carbons (Fsp3) is 0.882. The number of amides is 1. The monoisotopic (exact) mass is 311 g/mol. The Kier molecular flexibility index (Phi) is 6.24. The molecule has 3 unspecified atom stereocenters. The van der Waals surface area contributed by atoms with Gasteiger partial charge in [-0.15, -0.1) is 0 Å². The third kappa shape index (κ3) is 4.00. The molecule has 2 rings (SSSR count). The van der Waals surface area contributed by atoms with E-state index in [0.29, 0.717) is 18.9 Å². The van der Waals surface area contributed by atoms with Crippen molar-refractivity contribution >= 4 is 11.9 Å². The first kappa shape index (κ1) is 17.3. The molecule has 126 valence electrons. The Morgan fingerprint density at radius 1 is 1.27 bits per heavy atom. The van der Waals surface area contributed by atoms with Gasteiger partial charge in [0.1, 0.15) is 6.04 Å². The maximum absolute atomic E-state index is 12.8. The maximum atomic E-state index is 12.8. The zero-order valence-corrected chi connectivity index (χ0v) is 13.8. The third-order valence-electron chi connectivity index (χ3n) is 5.35. The SMILES string of the molecule is CCC(CC1CCCCC1)C(=O)N1CC(OC)CC1C(=O)O. The van der Waals surface area contributed by atoms with E-state index in [2.05, 4.69) is 0 Å². The number of likely N-dealkylation sites (tertiary alicyclic amines) is 1. The topological polar surface area (TPSA) is 66.8 Å². The first-order chi connectivity index (χ1) is 10.6. The Labute approximate surface area is 133 Å². The normalized spacial score (nSPS) is 27.8. The Morgan fingerprint density at radius 2 is 1.95 bits per heavy atom. The summed E-state index contributed by atoms with van der Waals surface area (Å²) in [7, 11) is 1.58. The van der Waals surface area contributed by atoms with Crippen molar-refractivity contribution in [3.8, 4) is 0 Å². The number of nitrogens with zero attached hydrogens (tertiary/aromatic N) is 1. The lowest BCUT2D eigenvalue weighted by atomic mass is 9.81. The Bertz CT molecular complexity index is 392. The number of hydrogen-bond acceptors (Lipinski definition) is 3. The molecule has 0 radical (unpaired) electrons. The number of ether oxygens (including phenoxy) is 1. The second-order valence-corrected chi connectivity index (χ2v) is 6.78. The van der Waals surface area contributed by atoms with Crippen LogP contribution in [0.4, 0.5) is 0 Å². The van der Waals surface area contributed by atoms with Crippen molar-refractivity contribution in [2.24, 2.45) is 11.8 Å². The summed E-state index contributed by atoms with van der Waals surface area (Å²) in [6.45, 7) is 2.44. The summed E-state index contributed by atoms with van der Waals surface area (Å²) in [4.78, 5) is 25.8. The quantitative estimate of drug-likeness (QED) is 0.819. The summed E-state index contributed by atoms with van der Waals surface area (Å²) in [6.07, 6.45) is 8.22. The van der Waals surface area contributed by atoms with Crippen molar-refractivity contribution in [3.63, 3.8) is 0 Å². The van der Waals surface area contributed by atoms with Gasteiger partial charge >= 0.3 is 5.97 Å². The van der Waals surface area contributed by atoms with Crippen molar-refractivity contribution in [1.29, 1.82) is 0 Å². The lowest BCUT2D eigenvalue weighted by Gasteiger charge is -2.30. The highest BCUT2D eigenvalue weighted by Gasteiger charge is 2.41. The molecule has 0 aromatic carbocycles. The van der Waals surface area contributed by atoms with Crippen LogP contribution in [0.2, 0.25) is 0 Å². The Balaban J connectivity index is 2.01. The van der Waals surface area contributed by atoms with Crippen LogP contribution in [-0.4, -0.2) is 47.7 Å². The first-order valence-electron chi connectivity index (χ1n) is 8.62. The molecular weight excluding hydrogens is 282 g/mol.